The van der Waals surface area contributed by atoms with Crippen LogP contribution in [0.1, 0.15) is 17.0 Å². The molecule has 1 aromatic carbocycles. The molecular formula is C15H19N5O2. The molecule has 3 rings (SSSR count). The Hall–Kier alpha value is -2.57. The van der Waals surface area contributed by atoms with Crippen LogP contribution in [0.3, 0.4) is 0 Å². The number of hydrogen-bond donors (Lipinski definition) is 1. The highest BCUT2D eigenvalue weighted by Crippen LogP contribution is 2.27. The highest BCUT2D eigenvalue weighted by Gasteiger charge is 2.23. The Labute approximate surface area is 128 Å². The maximum absolute atomic E-state index is 12.3. The van der Waals surface area contributed by atoms with E-state index in [1.165, 1.54) is 5.56 Å². The van der Waals surface area contributed by atoms with Gasteiger partial charge in [0, 0.05) is 25.7 Å². The largest absolute Gasteiger partial charge is 0.496 e. The molecule has 0 saturated carbocycles. The van der Waals surface area contributed by atoms with Gasteiger partial charge in [0.15, 0.2) is 0 Å². The molecule has 1 aromatic heterocycles. The van der Waals surface area contributed by atoms with E-state index < -0.39 is 0 Å². The first-order chi connectivity index (χ1) is 10.6. The average Bonchev–Trinajstić information content (AvgIpc) is 2.83. The average molecular weight is 301 g/mol. The van der Waals surface area contributed by atoms with E-state index in [4.69, 9.17) is 4.74 Å². The number of aromatic nitrogens is 3. The minimum absolute atomic E-state index is 0.181. The Kier molecular flexibility index (Phi) is 3.70. The van der Waals surface area contributed by atoms with Crippen molar-refractivity contribution in [3.8, 4) is 5.75 Å². The van der Waals surface area contributed by atoms with Crippen molar-refractivity contribution >= 4 is 12.0 Å². The van der Waals surface area contributed by atoms with Crippen molar-refractivity contribution in [1.29, 1.82) is 0 Å². The van der Waals surface area contributed by atoms with Crippen molar-refractivity contribution < 1.29 is 9.53 Å². The number of fused-ring (bicyclic) bond motifs is 1. The van der Waals surface area contributed by atoms with Crippen LogP contribution in [-0.2, 0) is 20.0 Å². The third-order valence-electron chi connectivity index (χ3n) is 3.93. The second-order valence-corrected chi connectivity index (χ2v) is 5.31. The molecule has 2 amide bonds. The topological polar surface area (TPSA) is 72.3 Å². The molecule has 7 heteroatoms. The molecule has 2 heterocycles. The fourth-order valence-electron chi connectivity index (χ4n) is 2.63. The molecule has 0 radical (unpaired) electrons. The van der Waals surface area contributed by atoms with Gasteiger partial charge in [0.2, 0.25) is 5.95 Å². The van der Waals surface area contributed by atoms with Crippen molar-refractivity contribution in [2.24, 2.45) is 7.05 Å². The van der Waals surface area contributed by atoms with Gasteiger partial charge in [-0.05, 0) is 25.0 Å². The number of anilines is 1. The summed E-state index contributed by atoms with van der Waals surface area (Å²) < 4.78 is 7.01. The van der Waals surface area contributed by atoms with Gasteiger partial charge in [-0.3, -0.25) is 10.00 Å². The summed E-state index contributed by atoms with van der Waals surface area (Å²) in [5, 5.41) is 6.89. The number of methoxy groups -OCH3 is 1. The summed E-state index contributed by atoms with van der Waals surface area (Å²) in [6.07, 6.45) is 0.779. The van der Waals surface area contributed by atoms with E-state index in [2.05, 4.69) is 15.4 Å². The summed E-state index contributed by atoms with van der Waals surface area (Å²) >= 11 is 0. The van der Waals surface area contributed by atoms with Gasteiger partial charge in [-0.1, -0.05) is 12.1 Å². The molecule has 7 nitrogen and oxygen atoms in total. The third kappa shape index (κ3) is 2.61. The van der Waals surface area contributed by atoms with E-state index in [9.17, 15) is 4.79 Å². The monoisotopic (exact) mass is 301 g/mol. The number of rotatable bonds is 2. The Morgan fingerprint density at radius 1 is 1.41 bits per heavy atom. The van der Waals surface area contributed by atoms with Gasteiger partial charge < -0.3 is 9.64 Å². The molecule has 0 bridgehead atoms. The number of carbonyl (C=O) groups excluding carboxylic acids is 1. The van der Waals surface area contributed by atoms with Crippen LogP contribution in [-0.4, -0.2) is 39.4 Å². The predicted octanol–water partition coefficient (Wildman–Crippen LogP) is 1.72. The normalized spacial score (nSPS) is 13.7. The Morgan fingerprint density at radius 3 is 2.91 bits per heavy atom. The minimum atomic E-state index is -0.181. The van der Waals surface area contributed by atoms with Crippen molar-refractivity contribution in [2.75, 3.05) is 19.0 Å². The lowest BCUT2D eigenvalue weighted by atomic mass is 9.99. The predicted molar refractivity (Wildman–Crippen MR) is 81.9 cm³/mol. The maximum atomic E-state index is 12.3. The number of nitrogens with one attached hydrogen (secondary N) is 1. The second kappa shape index (κ2) is 5.67. The van der Waals surface area contributed by atoms with E-state index >= 15 is 0 Å². The smallest absolute Gasteiger partial charge is 0.324 e. The van der Waals surface area contributed by atoms with Gasteiger partial charge >= 0.3 is 6.03 Å². The Morgan fingerprint density at radius 2 is 2.23 bits per heavy atom. The molecule has 116 valence electrons. The van der Waals surface area contributed by atoms with Gasteiger partial charge in [0.1, 0.15) is 11.6 Å². The van der Waals surface area contributed by atoms with Gasteiger partial charge in [-0.15, -0.1) is 5.10 Å². The lowest BCUT2D eigenvalue weighted by Crippen LogP contribution is -2.39. The highest BCUT2D eigenvalue weighted by atomic mass is 16.5. The summed E-state index contributed by atoms with van der Waals surface area (Å²) in [6.45, 7) is 3.04. The van der Waals surface area contributed by atoms with Crippen LogP contribution in [0.4, 0.5) is 10.7 Å². The molecule has 1 aliphatic rings. The number of urea groups is 1. The first kappa shape index (κ1) is 14.4. The number of amides is 2. The lowest BCUT2D eigenvalue weighted by molar-refractivity contribution is 0.205. The molecule has 0 atom stereocenters. The lowest BCUT2D eigenvalue weighted by Gasteiger charge is -2.29. The van der Waals surface area contributed by atoms with Crippen LogP contribution in [0.25, 0.3) is 0 Å². The molecule has 22 heavy (non-hydrogen) atoms. The highest BCUT2D eigenvalue weighted by molar-refractivity contribution is 5.87. The molecule has 0 spiro atoms. The zero-order valence-corrected chi connectivity index (χ0v) is 13.0. The molecule has 0 aliphatic carbocycles. The zero-order chi connectivity index (χ0) is 15.7. The molecular weight excluding hydrogens is 282 g/mol. The van der Waals surface area contributed by atoms with E-state index in [1.807, 2.05) is 25.1 Å². The standard InChI is InChI=1S/C15H19N5O2/c1-10-16-14(18-19(10)2)17-15(21)20-8-7-12-11(9-20)5-4-6-13(12)22-3/h4-6H,7-9H2,1-3H3,(H,17,18,21). The SMILES string of the molecule is COc1cccc2c1CCN(C(=O)Nc1nc(C)n(C)n1)C2. The van der Waals surface area contributed by atoms with Gasteiger partial charge in [0.05, 0.1) is 7.11 Å². The van der Waals surface area contributed by atoms with Crippen molar-refractivity contribution in [3.05, 3.63) is 35.2 Å². The Bertz CT molecular complexity index is 690. The number of benzene rings is 1. The quantitative estimate of drug-likeness (QED) is 0.917. The molecule has 0 fully saturated rings. The van der Waals surface area contributed by atoms with Crippen molar-refractivity contribution in [3.63, 3.8) is 0 Å². The summed E-state index contributed by atoms with van der Waals surface area (Å²) in [5.41, 5.74) is 2.30. The number of ether oxygens (including phenoxy) is 1. The zero-order valence-electron chi connectivity index (χ0n) is 13.0. The Balaban J connectivity index is 1.72. The number of aryl methyl sites for hydroxylation is 2. The van der Waals surface area contributed by atoms with Crippen LogP contribution in [0.5, 0.6) is 5.75 Å². The molecule has 1 N–H and O–H groups in total. The first-order valence-electron chi connectivity index (χ1n) is 7.17. The van der Waals surface area contributed by atoms with E-state index in [1.54, 1.807) is 23.7 Å². The van der Waals surface area contributed by atoms with Crippen molar-refractivity contribution in [1.82, 2.24) is 19.7 Å². The van der Waals surface area contributed by atoms with E-state index in [0.29, 0.717) is 19.0 Å². The van der Waals surface area contributed by atoms with Gasteiger partial charge in [-0.2, -0.15) is 4.98 Å². The number of hydrogen-bond acceptors (Lipinski definition) is 4. The van der Waals surface area contributed by atoms with Crippen LogP contribution in [0.15, 0.2) is 18.2 Å². The first-order valence-corrected chi connectivity index (χ1v) is 7.17. The number of nitrogens with zero attached hydrogens (tertiary/aromatic N) is 4. The van der Waals surface area contributed by atoms with Gasteiger partial charge in [0.25, 0.3) is 0 Å². The second-order valence-electron chi connectivity index (χ2n) is 5.31. The van der Waals surface area contributed by atoms with Crippen LogP contribution < -0.4 is 10.1 Å². The summed E-state index contributed by atoms with van der Waals surface area (Å²) in [6, 6.07) is 5.75. The molecule has 2 aromatic rings. The third-order valence-corrected chi connectivity index (χ3v) is 3.93. The molecule has 1 aliphatic heterocycles. The maximum Gasteiger partial charge on any atom is 0.324 e. The number of carbonyl (C=O) groups is 1. The van der Waals surface area contributed by atoms with Crippen LogP contribution in [0.2, 0.25) is 0 Å². The minimum Gasteiger partial charge on any atom is -0.496 e. The molecule has 0 saturated heterocycles. The summed E-state index contributed by atoms with van der Waals surface area (Å²) in [4.78, 5) is 18.3. The van der Waals surface area contributed by atoms with E-state index in [0.717, 1.165) is 23.6 Å². The van der Waals surface area contributed by atoms with Crippen LogP contribution in [0, 0.1) is 6.92 Å². The summed E-state index contributed by atoms with van der Waals surface area (Å²) in [5.74, 6) is 1.98. The van der Waals surface area contributed by atoms with Gasteiger partial charge in [-0.25, -0.2) is 4.79 Å². The van der Waals surface area contributed by atoms with Crippen LogP contribution >= 0.6 is 0 Å². The fourth-order valence-corrected chi connectivity index (χ4v) is 2.63. The fraction of sp³-hybridized carbons (Fsp3) is 0.400. The molecule has 0 unspecified atom stereocenters. The van der Waals surface area contributed by atoms with E-state index in [-0.39, 0.29) is 6.03 Å². The van der Waals surface area contributed by atoms with Crippen molar-refractivity contribution in [2.45, 2.75) is 19.9 Å². The summed E-state index contributed by atoms with van der Waals surface area (Å²) in [7, 11) is 3.46.